The molecule has 0 fully saturated rings. The number of imide groups is 1. The summed E-state index contributed by atoms with van der Waals surface area (Å²) in [7, 11) is 0. The van der Waals surface area contributed by atoms with Crippen LogP contribution in [0.3, 0.4) is 0 Å². The topological polar surface area (TPSA) is 63.7 Å². The van der Waals surface area contributed by atoms with Gasteiger partial charge < -0.3 is 4.84 Å². The molecule has 2 amide bonds. The van der Waals surface area contributed by atoms with Crippen molar-refractivity contribution in [1.29, 1.82) is 0 Å². The maximum Gasteiger partial charge on any atom is 0.364 e. The Morgan fingerprint density at radius 3 is 2.19 bits per heavy atom. The van der Waals surface area contributed by atoms with E-state index >= 15 is 0 Å². The summed E-state index contributed by atoms with van der Waals surface area (Å²) in [5.41, 5.74) is 2.59. The normalized spacial score (nSPS) is 13.2. The summed E-state index contributed by atoms with van der Waals surface area (Å²) in [5, 5.41) is 2.15. The molecule has 0 unspecified atom stereocenters. The van der Waals surface area contributed by atoms with Gasteiger partial charge in [0, 0.05) is 0 Å². The molecule has 0 atom stereocenters. The molecule has 0 radical (unpaired) electrons. The first-order chi connectivity index (χ1) is 12.5. The van der Waals surface area contributed by atoms with Crippen LogP contribution in [0.5, 0.6) is 0 Å². The highest BCUT2D eigenvalue weighted by Crippen LogP contribution is 2.27. The number of amides is 2. The SMILES string of the molecule is Cc1ccc2c(C(=O)ON3C(=O)c4ccccc4C3=O)c(C)ccc2c1. The third-order valence-corrected chi connectivity index (χ3v) is 4.52. The van der Waals surface area contributed by atoms with Gasteiger partial charge in [-0.3, -0.25) is 9.59 Å². The van der Waals surface area contributed by atoms with Crippen molar-refractivity contribution in [2.45, 2.75) is 13.8 Å². The second kappa shape index (κ2) is 5.81. The lowest BCUT2D eigenvalue weighted by molar-refractivity contribution is -0.0583. The second-order valence-electron chi connectivity index (χ2n) is 6.31. The number of hydrogen-bond acceptors (Lipinski definition) is 4. The molecule has 0 saturated carbocycles. The summed E-state index contributed by atoms with van der Waals surface area (Å²) >= 11 is 0. The average molecular weight is 345 g/mol. The molecule has 0 aromatic heterocycles. The Balaban J connectivity index is 1.72. The molecule has 4 rings (SSSR count). The second-order valence-corrected chi connectivity index (χ2v) is 6.31. The van der Waals surface area contributed by atoms with Crippen molar-refractivity contribution in [3.8, 4) is 0 Å². The van der Waals surface area contributed by atoms with Gasteiger partial charge in [-0.25, -0.2) is 4.79 Å². The lowest BCUT2D eigenvalue weighted by Gasteiger charge is -2.15. The molecule has 1 heterocycles. The van der Waals surface area contributed by atoms with Crippen LogP contribution in [0.4, 0.5) is 0 Å². The average Bonchev–Trinajstić information content (AvgIpc) is 2.87. The van der Waals surface area contributed by atoms with Crippen molar-refractivity contribution in [3.05, 3.63) is 82.4 Å². The zero-order chi connectivity index (χ0) is 18.4. The summed E-state index contributed by atoms with van der Waals surface area (Å²) < 4.78 is 0. The first-order valence-electron chi connectivity index (χ1n) is 8.17. The third-order valence-electron chi connectivity index (χ3n) is 4.52. The molecule has 0 saturated heterocycles. The first-order valence-corrected chi connectivity index (χ1v) is 8.17. The Morgan fingerprint density at radius 1 is 0.885 bits per heavy atom. The fraction of sp³-hybridized carbons (Fsp3) is 0.0952. The van der Waals surface area contributed by atoms with Gasteiger partial charge in [-0.15, -0.1) is 0 Å². The van der Waals surface area contributed by atoms with Crippen molar-refractivity contribution < 1.29 is 19.2 Å². The van der Waals surface area contributed by atoms with Gasteiger partial charge in [0.15, 0.2) is 0 Å². The van der Waals surface area contributed by atoms with Crippen LogP contribution in [-0.2, 0) is 4.84 Å². The maximum absolute atomic E-state index is 12.8. The van der Waals surface area contributed by atoms with E-state index in [1.165, 1.54) is 12.1 Å². The molecule has 0 bridgehead atoms. The Kier molecular flexibility index (Phi) is 3.58. The molecule has 0 aliphatic carbocycles. The van der Waals surface area contributed by atoms with Gasteiger partial charge >= 0.3 is 5.97 Å². The summed E-state index contributed by atoms with van der Waals surface area (Å²) in [6, 6.07) is 15.9. The number of carbonyl (C=O) groups is 3. The predicted molar refractivity (Wildman–Crippen MR) is 95.8 cm³/mol. The number of carbonyl (C=O) groups excluding carboxylic acids is 3. The van der Waals surface area contributed by atoms with Gasteiger partial charge in [0.05, 0.1) is 16.7 Å². The largest absolute Gasteiger partial charge is 0.364 e. The zero-order valence-electron chi connectivity index (χ0n) is 14.3. The number of hydroxylamine groups is 2. The van der Waals surface area contributed by atoms with Crippen molar-refractivity contribution in [2.24, 2.45) is 0 Å². The lowest BCUT2D eigenvalue weighted by Crippen LogP contribution is -2.33. The smallest absolute Gasteiger partial charge is 0.324 e. The molecular weight excluding hydrogens is 330 g/mol. The van der Waals surface area contributed by atoms with Crippen molar-refractivity contribution in [2.75, 3.05) is 0 Å². The molecule has 3 aromatic rings. The van der Waals surface area contributed by atoms with E-state index in [-0.39, 0.29) is 11.1 Å². The predicted octanol–water partition coefficient (Wildman–Crippen LogP) is 3.82. The highest BCUT2D eigenvalue weighted by atomic mass is 16.7. The van der Waals surface area contributed by atoms with E-state index in [2.05, 4.69) is 0 Å². The minimum atomic E-state index is -0.730. The molecule has 128 valence electrons. The summed E-state index contributed by atoms with van der Waals surface area (Å²) in [4.78, 5) is 42.8. The van der Waals surface area contributed by atoms with Crippen molar-refractivity contribution >= 4 is 28.6 Å². The van der Waals surface area contributed by atoms with Gasteiger partial charge in [-0.2, -0.15) is 0 Å². The van der Waals surface area contributed by atoms with Gasteiger partial charge in [-0.1, -0.05) is 53.1 Å². The Bertz CT molecular complexity index is 1070. The molecule has 1 aliphatic heterocycles. The number of nitrogens with zero attached hydrogens (tertiary/aromatic N) is 1. The van der Waals surface area contributed by atoms with E-state index in [1.54, 1.807) is 19.1 Å². The molecule has 0 N–H and O–H groups in total. The summed E-state index contributed by atoms with van der Waals surface area (Å²) in [5.74, 6) is -1.99. The number of hydrogen-bond donors (Lipinski definition) is 0. The van der Waals surface area contributed by atoms with Crippen LogP contribution in [0, 0.1) is 13.8 Å². The minimum absolute atomic E-state index is 0.232. The van der Waals surface area contributed by atoms with Crippen molar-refractivity contribution in [3.63, 3.8) is 0 Å². The van der Waals surface area contributed by atoms with E-state index in [0.717, 1.165) is 16.3 Å². The van der Waals surface area contributed by atoms with Crippen LogP contribution in [-0.4, -0.2) is 22.8 Å². The van der Waals surface area contributed by atoms with Crippen LogP contribution in [0.25, 0.3) is 10.8 Å². The fourth-order valence-electron chi connectivity index (χ4n) is 3.21. The third kappa shape index (κ3) is 2.37. The van der Waals surface area contributed by atoms with E-state index in [9.17, 15) is 14.4 Å². The van der Waals surface area contributed by atoms with Gasteiger partial charge in [0.25, 0.3) is 11.8 Å². The van der Waals surface area contributed by atoms with Crippen LogP contribution >= 0.6 is 0 Å². The highest BCUT2D eigenvalue weighted by molar-refractivity contribution is 6.21. The quantitative estimate of drug-likeness (QED) is 0.662. The van der Waals surface area contributed by atoms with Crippen LogP contribution in [0.15, 0.2) is 54.6 Å². The molecule has 1 aliphatic rings. The number of fused-ring (bicyclic) bond motifs is 2. The van der Waals surface area contributed by atoms with Gasteiger partial charge in [0.1, 0.15) is 0 Å². The minimum Gasteiger partial charge on any atom is -0.324 e. The maximum atomic E-state index is 12.8. The number of benzene rings is 3. The van der Waals surface area contributed by atoms with E-state index in [4.69, 9.17) is 4.84 Å². The molecule has 3 aromatic carbocycles. The Morgan fingerprint density at radius 2 is 1.54 bits per heavy atom. The standard InChI is InChI=1S/C21H15NO4/c1-12-7-10-15-14(11-12)9-8-13(2)18(15)21(25)26-22-19(23)16-5-3-4-6-17(16)20(22)24/h3-11H,1-2H3. The zero-order valence-corrected chi connectivity index (χ0v) is 14.3. The Labute approximate surface area is 149 Å². The van der Waals surface area contributed by atoms with E-state index in [0.29, 0.717) is 16.2 Å². The molecular formula is C21H15NO4. The van der Waals surface area contributed by atoms with E-state index < -0.39 is 17.8 Å². The van der Waals surface area contributed by atoms with Gasteiger partial charge in [0.2, 0.25) is 0 Å². The summed E-state index contributed by atoms with van der Waals surface area (Å²) in [6.45, 7) is 3.76. The molecule has 5 heteroatoms. The Hall–Kier alpha value is -3.47. The van der Waals surface area contributed by atoms with Crippen molar-refractivity contribution in [1.82, 2.24) is 5.06 Å². The molecule has 5 nitrogen and oxygen atoms in total. The lowest BCUT2D eigenvalue weighted by atomic mass is 9.98. The van der Waals surface area contributed by atoms with Gasteiger partial charge in [-0.05, 0) is 42.3 Å². The number of aryl methyl sites for hydroxylation is 2. The fourth-order valence-corrected chi connectivity index (χ4v) is 3.21. The molecule has 26 heavy (non-hydrogen) atoms. The van der Waals surface area contributed by atoms with Crippen LogP contribution in [0.2, 0.25) is 0 Å². The monoisotopic (exact) mass is 345 g/mol. The highest BCUT2D eigenvalue weighted by Gasteiger charge is 2.39. The van der Waals surface area contributed by atoms with E-state index in [1.807, 2.05) is 37.3 Å². The molecule has 0 spiro atoms. The summed E-state index contributed by atoms with van der Waals surface area (Å²) in [6.07, 6.45) is 0. The van der Waals surface area contributed by atoms with Crippen LogP contribution in [0.1, 0.15) is 42.2 Å². The number of rotatable bonds is 2. The van der Waals surface area contributed by atoms with Crippen LogP contribution < -0.4 is 0 Å². The first kappa shape index (κ1) is 16.0.